The summed E-state index contributed by atoms with van der Waals surface area (Å²) in [6.07, 6.45) is -1.54. The van der Waals surface area contributed by atoms with E-state index in [2.05, 4.69) is 24.8 Å². The topological polar surface area (TPSA) is 80.8 Å². The van der Waals surface area contributed by atoms with E-state index in [-0.39, 0.29) is 59.0 Å². The summed E-state index contributed by atoms with van der Waals surface area (Å²) >= 11 is 0. The van der Waals surface area contributed by atoms with Crippen LogP contribution in [-0.2, 0) is 6.18 Å². The van der Waals surface area contributed by atoms with Crippen molar-refractivity contribution in [2.75, 3.05) is 10.6 Å². The zero-order valence-electron chi connectivity index (χ0n) is 21.2. The van der Waals surface area contributed by atoms with Crippen molar-refractivity contribution >= 4 is 11.9 Å². The van der Waals surface area contributed by atoms with Crippen LogP contribution in [0.3, 0.4) is 0 Å². The molecule has 0 radical (unpaired) electrons. The summed E-state index contributed by atoms with van der Waals surface area (Å²) in [5.41, 5.74) is 7.01. The van der Waals surface area contributed by atoms with Gasteiger partial charge in [0.15, 0.2) is 5.82 Å². The van der Waals surface area contributed by atoms with Gasteiger partial charge in [0, 0.05) is 12.1 Å². The summed E-state index contributed by atoms with van der Waals surface area (Å²) in [7, 11) is 0. The lowest BCUT2D eigenvalue weighted by Gasteiger charge is -2.51. The second-order valence-electron chi connectivity index (χ2n) is 10.4. The molecule has 40 heavy (non-hydrogen) atoms. The first-order chi connectivity index (χ1) is 19.1. The number of halogens is 5. The number of hydrogen-bond donors (Lipinski definition) is 1. The Hall–Kier alpha value is -4.15. The smallest absolute Gasteiger partial charge is 0.368 e. The molecule has 6 nitrogen and oxygen atoms in total. The molecule has 2 aromatic carbocycles. The number of hydrogen-bond acceptors (Lipinski definition) is 6. The first-order valence-electron chi connectivity index (χ1n) is 13.0. The van der Waals surface area contributed by atoms with Crippen LogP contribution >= 0.6 is 0 Å². The molecular weight excluding hydrogens is 527 g/mol. The molecule has 0 bridgehead atoms. The highest BCUT2D eigenvalue weighted by molar-refractivity contribution is 5.55. The van der Waals surface area contributed by atoms with Gasteiger partial charge in [0.05, 0.1) is 0 Å². The third-order valence-corrected chi connectivity index (χ3v) is 7.84. The van der Waals surface area contributed by atoms with Gasteiger partial charge in [-0.05, 0) is 85.0 Å². The quantitative estimate of drug-likeness (QED) is 0.275. The first-order valence-corrected chi connectivity index (χ1v) is 13.0. The lowest BCUT2D eigenvalue weighted by Crippen LogP contribution is -2.54. The molecule has 2 aliphatic carbocycles. The molecule has 6 rings (SSSR count). The molecule has 2 fully saturated rings. The SMILES string of the molecule is Nc1nc(-c2cccc(C(F)(F)F)n2)nc(N(C2CC(c3ccc(F)cc3)C2)C2CC(c3ccc(F)cc3)C2)n1. The summed E-state index contributed by atoms with van der Waals surface area (Å²) in [6, 6.07) is 16.5. The van der Waals surface area contributed by atoms with Crippen LogP contribution in [0.1, 0.15) is 54.3 Å². The van der Waals surface area contributed by atoms with Crippen LogP contribution in [0.25, 0.3) is 11.5 Å². The van der Waals surface area contributed by atoms with Crippen LogP contribution in [0.2, 0.25) is 0 Å². The number of nitrogens with zero attached hydrogens (tertiary/aromatic N) is 5. The molecule has 0 aliphatic heterocycles. The fourth-order valence-corrected chi connectivity index (χ4v) is 5.60. The van der Waals surface area contributed by atoms with Gasteiger partial charge in [0.1, 0.15) is 23.0 Å². The molecule has 4 aromatic rings. The zero-order chi connectivity index (χ0) is 28.0. The molecule has 0 spiro atoms. The second-order valence-corrected chi connectivity index (χ2v) is 10.4. The Labute approximate surface area is 227 Å². The fraction of sp³-hybridized carbons (Fsp3) is 0.310. The Bertz CT molecular complexity index is 1440. The van der Waals surface area contributed by atoms with E-state index in [1.165, 1.54) is 36.4 Å². The Morgan fingerprint density at radius 2 is 1.20 bits per heavy atom. The van der Waals surface area contributed by atoms with E-state index in [0.717, 1.165) is 42.9 Å². The molecule has 2 aromatic heterocycles. The highest BCUT2D eigenvalue weighted by Crippen LogP contribution is 2.47. The Morgan fingerprint density at radius 3 is 1.70 bits per heavy atom. The monoisotopic (exact) mass is 552 g/mol. The van der Waals surface area contributed by atoms with Crippen molar-refractivity contribution in [1.82, 2.24) is 19.9 Å². The number of pyridine rings is 1. The van der Waals surface area contributed by atoms with E-state index < -0.39 is 11.9 Å². The molecule has 0 unspecified atom stereocenters. The van der Waals surface area contributed by atoms with Crippen molar-refractivity contribution in [3.63, 3.8) is 0 Å². The molecule has 2 aliphatic rings. The number of benzene rings is 2. The Kier molecular flexibility index (Phi) is 6.59. The molecule has 2 heterocycles. The molecule has 2 N–H and O–H groups in total. The molecule has 0 atom stereocenters. The van der Waals surface area contributed by atoms with Crippen molar-refractivity contribution < 1.29 is 22.0 Å². The van der Waals surface area contributed by atoms with Gasteiger partial charge in [0.2, 0.25) is 11.9 Å². The van der Waals surface area contributed by atoms with Gasteiger partial charge >= 0.3 is 6.18 Å². The van der Waals surface area contributed by atoms with Crippen LogP contribution in [-0.4, -0.2) is 32.0 Å². The predicted octanol–water partition coefficient (Wildman–Crippen LogP) is 6.51. The summed E-state index contributed by atoms with van der Waals surface area (Å²) in [4.78, 5) is 18.8. The largest absolute Gasteiger partial charge is 0.433 e. The van der Waals surface area contributed by atoms with Crippen LogP contribution in [0.15, 0.2) is 66.7 Å². The van der Waals surface area contributed by atoms with Crippen molar-refractivity contribution in [2.24, 2.45) is 0 Å². The lowest BCUT2D eigenvalue weighted by atomic mass is 9.70. The number of nitrogen functional groups attached to an aromatic ring is 1. The van der Waals surface area contributed by atoms with Crippen LogP contribution in [0.5, 0.6) is 0 Å². The zero-order valence-corrected chi connectivity index (χ0v) is 21.2. The van der Waals surface area contributed by atoms with E-state index >= 15 is 0 Å². The highest BCUT2D eigenvalue weighted by Gasteiger charge is 2.44. The summed E-state index contributed by atoms with van der Waals surface area (Å²) in [6.45, 7) is 0. The van der Waals surface area contributed by atoms with E-state index in [9.17, 15) is 22.0 Å². The molecule has 206 valence electrons. The maximum Gasteiger partial charge on any atom is 0.433 e. The van der Waals surface area contributed by atoms with Crippen LogP contribution in [0.4, 0.5) is 33.8 Å². The number of nitrogens with two attached hydrogens (primary N) is 1. The molecule has 2 saturated carbocycles. The normalized spacial score (nSPS) is 22.3. The second kappa shape index (κ2) is 10.1. The molecule has 0 amide bonds. The summed E-state index contributed by atoms with van der Waals surface area (Å²) in [5.74, 6) is -0.00474. The van der Waals surface area contributed by atoms with Crippen LogP contribution < -0.4 is 10.6 Å². The van der Waals surface area contributed by atoms with Gasteiger partial charge in [-0.15, -0.1) is 0 Å². The maximum atomic E-state index is 13.4. The Morgan fingerprint density at radius 1 is 0.675 bits per heavy atom. The molecule has 11 heteroatoms. The first kappa shape index (κ1) is 26.1. The van der Waals surface area contributed by atoms with E-state index in [4.69, 9.17) is 5.73 Å². The van der Waals surface area contributed by atoms with Gasteiger partial charge < -0.3 is 10.6 Å². The van der Waals surface area contributed by atoms with Gasteiger partial charge in [-0.1, -0.05) is 30.3 Å². The van der Waals surface area contributed by atoms with Crippen LogP contribution in [0, 0.1) is 11.6 Å². The van der Waals surface area contributed by atoms with Gasteiger partial charge in [0.25, 0.3) is 0 Å². The van der Waals surface area contributed by atoms with E-state index in [1.54, 1.807) is 24.3 Å². The minimum atomic E-state index is -4.62. The van der Waals surface area contributed by atoms with E-state index in [0.29, 0.717) is 0 Å². The highest BCUT2D eigenvalue weighted by atomic mass is 19.4. The van der Waals surface area contributed by atoms with Crippen molar-refractivity contribution in [1.29, 1.82) is 0 Å². The number of alkyl halides is 3. The van der Waals surface area contributed by atoms with E-state index in [1.807, 2.05) is 0 Å². The third kappa shape index (κ3) is 5.20. The molecule has 0 saturated heterocycles. The Balaban J connectivity index is 1.29. The van der Waals surface area contributed by atoms with Crippen molar-refractivity contribution in [3.05, 3.63) is 95.2 Å². The van der Waals surface area contributed by atoms with Crippen molar-refractivity contribution in [2.45, 2.75) is 55.8 Å². The van der Waals surface area contributed by atoms with Gasteiger partial charge in [-0.25, -0.2) is 13.8 Å². The molecular formula is C29H25F5N6. The maximum absolute atomic E-state index is 13.4. The summed E-state index contributed by atoms with van der Waals surface area (Å²) in [5, 5.41) is 0. The summed E-state index contributed by atoms with van der Waals surface area (Å²) < 4.78 is 66.8. The van der Waals surface area contributed by atoms with Gasteiger partial charge in [-0.2, -0.15) is 28.1 Å². The average molecular weight is 553 g/mol. The predicted molar refractivity (Wildman–Crippen MR) is 139 cm³/mol. The average Bonchev–Trinajstić information content (AvgIpc) is 2.87. The van der Waals surface area contributed by atoms with Gasteiger partial charge in [-0.3, -0.25) is 0 Å². The van der Waals surface area contributed by atoms with Crippen molar-refractivity contribution in [3.8, 4) is 11.5 Å². The number of rotatable bonds is 6. The third-order valence-electron chi connectivity index (χ3n) is 7.84. The standard InChI is InChI=1S/C29H25F5N6/c30-20-8-4-16(5-9-20)18-12-22(13-18)40(23-14-19(15-23)17-6-10-21(31)11-7-17)28-38-26(37-27(35)39-28)24-2-1-3-25(36-24)29(32,33)34/h1-11,18-19,22-23H,12-15H2,(H2,35,37,38,39). The fourth-order valence-electron chi connectivity index (χ4n) is 5.60. The number of anilines is 2. The minimum absolute atomic E-state index is 0.0394. The number of aromatic nitrogens is 4. The minimum Gasteiger partial charge on any atom is -0.368 e. The lowest BCUT2D eigenvalue weighted by molar-refractivity contribution is -0.141.